The molecule has 0 spiro atoms. The number of esters is 1. The van der Waals surface area contributed by atoms with Crippen LogP contribution < -0.4 is 10.4 Å². The van der Waals surface area contributed by atoms with Gasteiger partial charge in [-0.2, -0.15) is 0 Å². The molecule has 2 N–H and O–H groups in total. The Hall–Kier alpha value is -4.15. The van der Waals surface area contributed by atoms with Crippen molar-refractivity contribution in [3.05, 3.63) is 109 Å². The highest BCUT2D eigenvalue weighted by molar-refractivity contribution is 6.39. The second-order valence-electron chi connectivity index (χ2n) is 7.37. The minimum atomic E-state index is -1.67. The van der Waals surface area contributed by atoms with Crippen molar-refractivity contribution >= 4 is 46.3 Å². The first-order chi connectivity index (χ1) is 16.7. The Morgan fingerprint density at radius 1 is 1.14 bits per heavy atom. The van der Waals surface area contributed by atoms with Crippen LogP contribution in [0.4, 0.5) is 11.4 Å². The number of cyclic esters (lactones) is 1. The predicted octanol–water partition coefficient (Wildman–Crippen LogP) is 4.21. The van der Waals surface area contributed by atoms with Crippen LogP contribution in [0.5, 0.6) is 0 Å². The number of halogens is 2. The summed E-state index contributed by atoms with van der Waals surface area (Å²) in [5.74, 6) is -5.28. The summed E-state index contributed by atoms with van der Waals surface area (Å²) in [6.45, 7) is 0. The van der Waals surface area contributed by atoms with Gasteiger partial charge in [0.25, 0.3) is 5.69 Å². The van der Waals surface area contributed by atoms with E-state index in [1.807, 2.05) is 0 Å². The first kappa shape index (κ1) is 24.0. The Labute approximate surface area is 207 Å². The summed E-state index contributed by atoms with van der Waals surface area (Å²) in [7, 11) is 0. The number of hydrogen-bond acceptors (Lipinski definition) is 9. The van der Waals surface area contributed by atoms with Gasteiger partial charge in [0.15, 0.2) is 11.7 Å². The Balaban J connectivity index is 1.78. The third-order valence-electron chi connectivity index (χ3n) is 5.27. The van der Waals surface area contributed by atoms with Gasteiger partial charge in [0.1, 0.15) is 6.10 Å². The molecule has 12 heteroatoms. The lowest BCUT2D eigenvalue weighted by atomic mass is 9.86. The molecule has 2 aromatic carbocycles. The number of rotatable bonds is 7. The highest BCUT2D eigenvalue weighted by Gasteiger charge is 2.41. The number of fused-ring (bicyclic) bond motifs is 1. The van der Waals surface area contributed by atoms with Gasteiger partial charge in [-0.25, -0.2) is 4.79 Å². The fourth-order valence-electron chi connectivity index (χ4n) is 3.62. The summed E-state index contributed by atoms with van der Waals surface area (Å²) >= 11 is 12.1. The molecule has 0 saturated carbocycles. The van der Waals surface area contributed by atoms with Crippen LogP contribution >= 0.6 is 23.2 Å². The van der Waals surface area contributed by atoms with E-state index in [2.05, 4.69) is 10.3 Å². The number of nitrogens with one attached hydrogen (secondary N) is 1. The number of ether oxygens (including phenoxy) is 1. The van der Waals surface area contributed by atoms with Crippen molar-refractivity contribution in [2.75, 3.05) is 5.32 Å². The lowest BCUT2D eigenvalue weighted by Crippen LogP contribution is -2.32. The number of aliphatic hydroxyl groups is 1. The number of aliphatic hydroxyl groups excluding tert-OH is 1. The van der Waals surface area contributed by atoms with Crippen LogP contribution in [-0.2, 0) is 4.74 Å². The number of non-ortho nitro benzene ring substituents is 1. The van der Waals surface area contributed by atoms with Crippen molar-refractivity contribution in [3.63, 3.8) is 0 Å². The number of nitrogens with zero attached hydrogens (tertiary/aromatic N) is 2. The number of carbonyl (C=O) groups is 2. The van der Waals surface area contributed by atoms with Crippen molar-refractivity contribution in [3.8, 4) is 0 Å². The molecule has 1 aliphatic rings. The normalized spacial score (nSPS) is 16.1. The molecule has 2 atom stereocenters. The third kappa shape index (κ3) is 4.61. The van der Waals surface area contributed by atoms with Crippen LogP contribution in [0.25, 0.3) is 0 Å². The van der Waals surface area contributed by atoms with Crippen LogP contribution in [0.1, 0.15) is 32.4 Å². The van der Waals surface area contributed by atoms with E-state index in [4.69, 9.17) is 27.9 Å². The molecular weight excluding hydrogens is 501 g/mol. The van der Waals surface area contributed by atoms with E-state index in [-0.39, 0.29) is 26.9 Å². The predicted molar refractivity (Wildman–Crippen MR) is 123 cm³/mol. The zero-order chi connectivity index (χ0) is 25.3. The molecule has 1 aromatic heterocycles. The average Bonchev–Trinajstić information content (AvgIpc) is 3.17. The van der Waals surface area contributed by atoms with Gasteiger partial charge < -0.3 is 20.3 Å². The van der Waals surface area contributed by atoms with Gasteiger partial charge in [0, 0.05) is 35.7 Å². The van der Waals surface area contributed by atoms with Crippen LogP contribution in [-0.4, -0.2) is 26.8 Å². The molecule has 3 aromatic rings. The first-order valence-electron chi connectivity index (χ1n) is 9.93. The first-order valence-corrected chi connectivity index (χ1v) is 10.7. The molecule has 4 rings (SSSR count). The summed E-state index contributed by atoms with van der Waals surface area (Å²) < 4.78 is 5.37. The lowest BCUT2D eigenvalue weighted by Gasteiger charge is -2.29. The van der Waals surface area contributed by atoms with E-state index in [0.717, 1.165) is 12.1 Å². The standard InChI is InChI=1S/C23H15Cl2N3O7/c24-15-9-12(28(33)34)10-16(25)18(15)27-22(31)20(30)17(19(29)11-5-7-26-8-6-11)21-13-3-1-2-4-14(13)23(32)35-21/h1-10,17,21,27,30-31H/p-1. The van der Waals surface area contributed by atoms with E-state index >= 15 is 0 Å². The van der Waals surface area contributed by atoms with Gasteiger partial charge in [-0.1, -0.05) is 47.2 Å². The number of ketones is 1. The van der Waals surface area contributed by atoms with Crippen molar-refractivity contribution in [2.45, 2.75) is 6.10 Å². The van der Waals surface area contributed by atoms with Crippen molar-refractivity contribution in [1.82, 2.24) is 4.98 Å². The van der Waals surface area contributed by atoms with Crippen LogP contribution in [0, 0.1) is 16.0 Å². The molecule has 0 amide bonds. The number of benzene rings is 2. The minimum absolute atomic E-state index is 0.0954. The van der Waals surface area contributed by atoms with Crippen LogP contribution in [0.3, 0.4) is 0 Å². The topological polar surface area (TPSA) is 155 Å². The molecule has 1 aliphatic heterocycles. The van der Waals surface area contributed by atoms with Crippen molar-refractivity contribution in [2.24, 2.45) is 5.92 Å². The molecule has 2 unspecified atom stereocenters. The monoisotopic (exact) mass is 514 g/mol. The number of aromatic nitrogens is 1. The zero-order valence-electron chi connectivity index (χ0n) is 17.5. The summed E-state index contributed by atoms with van der Waals surface area (Å²) in [5.41, 5.74) is -0.0116. The molecule has 0 fully saturated rings. The zero-order valence-corrected chi connectivity index (χ0v) is 19.0. The quantitative estimate of drug-likeness (QED) is 0.155. The molecule has 2 heterocycles. The number of Topliss-reactive ketones (excluding diaryl/α,β-unsaturated/α-hetero) is 1. The van der Waals surface area contributed by atoms with Gasteiger partial charge in [-0.15, -0.1) is 0 Å². The Bertz CT molecular complexity index is 1360. The van der Waals surface area contributed by atoms with Gasteiger partial charge in [0.05, 0.1) is 32.1 Å². The smallest absolute Gasteiger partial charge is 0.339 e. The van der Waals surface area contributed by atoms with E-state index in [9.17, 15) is 29.9 Å². The molecule has 10 nitrogen and oxygen atoms in total. The number of anilines is 1. The van der Waals surface area contributed by atoms with E-state index < -0.39 is 46.0 Å². The largest absolute Gasteiger partial charge is 0.871 e. The van der Waals surface area contributed by atoms with Crippen molar-refractivity contribution < 1.29 is 29.5 Å². The van der Waals surface area contributed by atoms with Crippen molar-refractivity contribution in [1.29, 1.82) is 0 Å². The Morgan fingerprint density at radius 2 is 1.77 bits per heavy atom. The van der Waals surface area contributed by atoms with E-state index in [1.165, 1.54) is 30.6 Å². The maximum atomic E-state index is 13.4. The maximum absolute atomic E-state index is 13.4. The molecular formula is C23H14Cl2N3O7-. The number of carbonyl (C=O) groups excluding carboxylic acids is 2. The number of nitro groups is 1. The molecule has 178 valence electrons. The maximum Gasteiger partial charge on any atom is 0.339 e. The second-order valence-corrected chi connectivity index (χ2v) is 8.18. The van der Waals surface area contributed by atoms with Gasteiger partial charge >= 0.3 is 5.97 Å². The molecule has 0 saturated heterocycles. The number of hydrogen-bond donors (Lipinski definition) is 2. The fourth-order valence-corrected chi connectivity index (χ4v) is 4.19. The summed E-state index contributed by atoms with van der Waals surface area (Å²) in [6.07, 6.45) is 1.38. The fraction of sp³-hybridized carbons (Fsp3) is 0.0870. The highest BCUT2D eigenvalue weighted by atomic mass is 35.5. The highest BCUT2D eigenvalue weighted by Crippen LogP contribution is 2.41. The Kier molecular flexibility index (Phi) is 6.59. The van der Waals surface area contributed by atoms with Crippen LogP contribution in [0.15, 0.2) is 72.6 Å². The summed E-state index contributed by atoms with van der Waals surface area (Å²) in [4.78, 5) is 39.9. The average molecular weight is 515 g/mol. The second kappa shape index (κ2) is 9.61. The third-order valence-corrected chi connectivity index (χ3v) is 5.86. The SMILES string of the molecule is O=C1OC(C(C(=O)c2ccncc2)C([O-])=C(O)Nc2c(Cl)cc([N+](=O)[O-])cc2Cl)c2ccccc21. The Morgan fingerprint density at radius 3 is 2.40 bits per heavy atom. The molecule has 35 heavy (non-hydrogen) atoms. The minimum Gasteiger partial charge on any atom is -0.871 e. The molecule has 0 bridgehead atoms. The van der Waals surface area contributed by atoms with Crippen LogP contribution in [0.2, 0.25) is 10.0 Å². The number of pyridine rings is 1. The number of nitro benzene ring substituents is 1. The molecule has 0 aliphatic carbocycles. The van der Waals surface area contributed by atoms with Gasteiger partial charge in [0.2, 0.25) is 0 Å². The lowest BCUT2D eigenvalue weighted by molar-refractivity contribution is -0.384. The van der Waals surface area contributed by atoms with E-state index in [1.54, 1.807) is 18.2 Å². The van der Waals surface area contributed by atoms with E-state index in [0.29, 0.717) is 5.56 Å². The molecule has 0 radical (unpaired) electrons. The van der Waals surface area contributed by atoms with Gasteiger partial charge in [-0.05, 0) is 18.2 Å². The summed E-state index contributed by atoms with van der Waals surface area (Å²) in [6, 6.07) is 11.0. The summed E-state index contributed by atoms with van der Waals surface area (Å²) in [5, 5.41) is 36.8. The van der Waals surface area contributed by atoms with Gasteiger partial charge in [-0.3, -0.25) is 19.9 Å².